The first-order valence-corrected chi connectivity index (χ1v) is 11.2. The van der Waals surface area contributed by atoms with Crippen molar-refractivity contribution in [3.05, 3.63) is 35.4 Å². The zero-order valence-corrected chi connectivity index (χ0v) is 21.3. The zero-order chi connectivity index (χ0) is 21.0. The molecule has 2 fully saturated rings. The fraction of sp³-hybridized carbons (Fsp3) is 0.696. The molecule has 0 radical (unpaired) electrons. The van der Waals surface area contributed by atoms with Crippen LogP contribution in [0, 0.1) is 12.8 Å². The van der Waals surface area contributed by atoms with Crippen molar-refractivity contribution in [1.29, 1.82) is 0 Å². The maximum Gasteiger partial charge on any atom is 0.191 e. The fourth-order valence-corrected chi connectivity index (χ4v) is 3.98. The highest BCUT2D eigenvalue weighted by Crippen LogP contribution is 2.22. The van der Waals surface area contributed by atoms with Crippen LogP contribution in [0.25, 0.3) is 0 Å². The van der Waals surface area contributed by atoms with Gasteiger partial charge in [-0.3, -0.25) is 9.89 Å². The largest absolute Gasteiger partial charge is 0.381 e. The minimum absolute atomic E-state index is 0. The molecule has 0 bridgehead atoms. The maximum atomic E-state index is 5.78. The second-order valence-electron chi connectivity index (χ2n) is 8.12. The Morgan fingerprint density at radius 2 is 2.06 bits per heavy atom. The highest BCUT2D eigenvalue weighted by molar-refractivity contribution is 14.0. The number of morpholine rings is 1. The van der Waals surface area contributed by atoms with Crippen molar-refractivity contribution in [2.45, 2.75) is 25.8 Å². The Kier molecular flexibility index (Phi) is 12.7. The summed E-state index contributed by atoms with van der Waals surface area (Å²) < 4.78 is 16.7. The van der Waals surface area contributed by atoms with Gasteiger partial charge in [0.15, 0.2) is 5.96 Å². The summed E-state index contributed by atoms with van der Waals surface area (Å²) in [6.07, 6.45) is 2.08. The van der Waals surface area contributed by atoms with Crippen LogP contribution in [0.5, 0.6) is 0 Å². The van der Waals surface area contributed by atoms with Crippen molar-refractivity contribution in [2.24, 2.45) is 10.9 Å². The van der Waals surface area contributed by atoms with Gasteiger partial charge in [-0.2, -0.15) is 0 Å². The smallest absolute Gasteiger partial charge is 0.191 e. The second kappa shape index (κ2) is 15.0. The SMILES string of the molecule is CN=C(NCCCOCC1CCOC1)NCC(c1cccc(C)c1)N1CCOCC1.I. The minimum atomic E-state index is 0. The van der Waals surface area contributed by atoms with Crippen LogP contribution < -0.4 is 10.6 Å². The van der Waals surface area contributed by atoms with E-state index < -0.39 is 0 Å². The van der Waals surface area contributed by atoms with Crippen LogP contribution in [0.4, 0.5) is 0 Å². The molecule has 0 aliphatic carbocycles. The van der Waals surface area contributed by atoms with Crippen molar-refractivity contribution in [3.63, 3.8) is 0 Å². The lowest BCUT2D eigenvalue weighted by molar-refractivity contribution is 0.0170. The van der Waals surface area contributed by atoms with E-state index in [-0.39, 0.29) is 24.0 Å². The highest BCUT2D eigenvalue weighted by Gasteiger charge is 2.23. The lowest BCUT2D eigenvalue weighted by Gasteiger charge is -2.35. The maximum absolute atomic E-state index is 5.78. The summed E-state index contributed by atoms with van der Waals surface area (Å²) in [6.45, 7) is 10.6. The Bertz CT molecular complexity index is 649. The van der Waals surface area contributed by atoms with Gasteiger partial charge < -0.3 is 24.8 Å². The molecule has 2 aliphatic rings. The molecule has 1 aromatic rings. The van der Waals surface area contributed by atoms with Crippen molar-refractivity contribution in [3.8, 4) is 0 Å². The topological polar surface area (TPSA) is 67.4 Å². The predicted molar refractivity (Wildman–Crippen MR) is 135 cm³/mol. The van der Waals surface area contributed by atoms with Gasteiger partial charge in [0.1, 0.15) is 0 Å². The van der Waals surface area contributed by atoms with Crippen molar-refractivity contribution >= 4 is 29.9 Å². The molecule has 8 heteroatoms. The van der Waals surface area contributed by atoms with E-state index in [9.17, 15) is 0 Å². The molecule has 176 valence electrons. The fourth-order valence-electron chi connectivity index (χ4n) is 3.98. The standard InChI is InChI=1S/C23H38N4O3.HI/c1-19-5-3-6-21(15-19)22(27-9-13-28-14-10-27)16-26-23(24-2)25-8-4-11-29-17-20-7-12-30-18-20;/h3,5-6,15,20,22H,4,7-14,16-18H2,1-2H3,(H2,24,25,26);1H. The zero-order valence-electron chi connectivity index (χ0n) is 19.0. The third kappa shape index (κ3) is 9.21. The summed E-state index contributed by atoms with van der Waals surface area (Å²) >= 11 is 0. The summed E-state index contributed by atoms with van der Waals surface area (Å²) in [5, 5.41) is 6.93. The molecule has 31 heavy (non-hydrogen) atoms. The third-order valence-corrected chi connectivity index (χ3v) is 5.74. The molecular weight excluding hydrogens is 507 g/mol. The highest BCUT2D eigenvalue weighted by atomic mass is 127. The van der Waals surface area contributed by atoms with Crippen molar-refractivity contribution < 1.29 is 14.2 Å². The number of benzene rings is 1. The third-order valence-electron chi connectivity index (χ3n) is 5.74. The molecule has 1 aromatic carbocycles. The average molecular weight is 546 g/mol. The van der Waals surface area contributed by atoms with Crippen LogP contribution in [-0.2, 0) is 14.2 Å². The minimum Gasteiger partial charge on any atom is -0.381 e. The van der Waals surface area contributed by atoms with Crippen molar-refractivity contribution in [2.75, 3.05) is 72.9 Å². The summed E-state index contributed by atoms with van der Waals surface area (Å²) in [4.78, 5) is 6.89. The van der Waals surface area contributed by atoms with E-state index in [0.717, 1.165) is 84.6 Å². The number of aliphatic imine (C=N–C) groups is 1. The number of guanidine groups is 1. The van der Waals surface area contributed by atoms with E-state index in [1.165, 1.54) is 11.1 Å². The van der Waals surface area contributed by atoms with Crippen LogP contribution in [0.15, 0.2) is 29.3 Å². The molecule has 2 N–H and O–H groups in total. The number of hydrogen-bond acceptors (Lipinski definition) is 5. The monoisotopic (exact) mass is 546 g/mol. The molecule has 0 spiro atoms. The van der Waals surface area contributed by atoms with Crippen LogP contribution in [0.1, 0.15) is 30.0 Å². The van der Waals surface area contributed by atoms with E-state index in [4.69, 9.17) is 14.2 Å². The van der Waals surface area contributed by atoms with Gasteiger partial charge in [0.25, 0.3) is 0 Å². The molecule has 3 rings (SSSR count). The Hall–Kier alpha value is -0.940. The molecule has 2 aliphatic heterocycles. The first-order valence-electron chi connectivity index (χ1n) is 11.2. The summed E-state index contributed by atoms with van der Waals surface area (Å²) in [6, 6.07) is 9.09. The molecule has 2 atom stereocenters. The number of nitrogens with one attached hydrogen (secondary N) is 2. The number of hydrogen-bond donors (Lipinski definition) is 2. The Labute approximate surface area is 204 Å². The molecule has 0 saturated carbocycles. The lowest BCUT2D eigenvalue weighted by Crippen LogP contribution is -2.46. The number of ether oxygens (including phenoxy) is 3. The molecular formula is C23H39IN4O3. The van der Waals surface area contributed by atoms with E-state index in [0.29, 0.717) is 12.0 Å². The molecule has 0 amide bonds. The normalized spacial score (nSPS) is 20.8. The quantitative estimate of drug-likeness (QED) is 0.204. The molecule has 2 heterocycles. The van der Waals surface area contributed by atoms with E-state index in [1.54, 1.807) is 0 Å². The van der Waals surface area contributed by atoms with Gasteiger partial charge in [-0.1, -0.05) is 29.8 Å². The molecule has 2 unspecified atom stereocenters. The second-order valence-corrected chi connectivity index (χ2v) is 8.12. The molecule has 0 aromatic heterocycles. The van der Waals surface area contributed by atoms with E-state index in [2.05, 4.69) is 51.7 Å². The van der Waals surface area contributed by atoms with Gasteiger partial charge in [0.2, 0.25) is 0 Å². The summed E-state index contributed by atoms with van der Waals surface area (Å²) in [5.41, 5.74) is 2.63. The number of aryl methyl sites for hydroxylation is 1. The van der Waals surface area contributed by atoms with Gasteiger partial charge >= 0.3 is 0 Å². The van der Waals surface area contributed by atoms with Crippen LogP contribution in [0.2, 0.25) is 0 Å². The van der Waals surface area contributed by atoms with Gasteiger partial charge in [-0.05, 0) is 25.3 Å². The van der Waals surface area contributed by atoms with Crippen molar-refractivity contribution in [1.82, 2.24) is 15.5 Å². The van der Waals surface area contributed by atoms with Gasteiger partial charge in [-0.25, -0.2) is 0 Å². The number of rotatable bonds is 10. The Balaban J connectivity index is 0.00000341. The summed E-state index contributed by atoms with van der Waals surface area (Å²) in [7, 11) is 1.82. The summed E-state index contributed by atoms with van der Waals surface area (Å²) in [5.74, 6) is 1.41. The predicted octanol–water partition coefficient (Wildman–Crippen LogP) is 2.59. The number of halogens is 1. The Morgan fingerprint density at radius 3 is 2.77 bits per heavy atom. The average Bonchev–Trinajstić information content (AvgIpc) is 3.29. The van der Waals surface area contributed by atoms with Crippen LogP contribution in [0.3, 0.4) is 0 Å². The van der Waals surface area contributed by atoms with Gasteiger partial charge in [0, 0.05) is 52.4 Å². The van der Waals surface area contributed by atoms with Crippen LogP contribution in [-0.4, -0.2) is 83.7 Å². The first kappa shape index (κ1) is 26.3. The number of nitrogens with zero attached hydrogens (tertiary/aromatic N) is 2. The Morgan fingerprint density at radius 1 is 1.23 bits per heavy atom. The van der Waals surface area contributed by atoms with E-state index in [1.807, 2.05) is 7.05 Å². The van der Waals surface area contributed by atoms with Gasteiger partial charge in [-0.15, -0.1) is 24.0 Å². The van der Waals surface area contributed by atoms with E-state index >= 15 is 0 Å². The van der Waals surface area contributed by atoms with Gasteiger partial charge in [0.05, 0.1) is 32.5 Å². The first-order chi connectivity index (χ1) is 14.8. The lowest BCUT2D eigenvalue weighted by atomic mass is 10.0. The van der Waals surface area contributed by atoms with Crippen LogP contribution >= 0.6 is 24.0 Å². The molecule has 2 saturated heterocycles. The molecule has 7 nitrogen and oxygen atoms in total.